The van der Waals surface area contributed by atoms with Crippen LogP contribution in [0.3, 0.4) is 0 Å². The van der Waals surface area contributed by atoms with Crippen LogP contribution in [-0.2, 0) is 12.6 Å². The number of hydrogen-bond acceptors (Lipinski definition) is 1. The van der Waals surface area contributed by atoms with E-state index in [1.807, 2.05) is 27.7 Å². The van der Waals surface area contributed by atoms with Gasteiger partial charge in [-0.15, -0.1) is 0 Å². The van der Waals surface area contributed by atoms with Crippen molar-refractivity contribution in [2.24, 2.45) is 4.99 Å². The zero-order valence-electron chi connectivity index (χ0n) is 19.1. The number of aromatic nitrogens is 1. The number of hydrogen-bond donors (Lipinski definition) is 0. The van der Waals surface area contributed by atoms with Gasteiger partial charge < -0.3 is 4.48 Å². The first kappa shape index (κ1) is 24.0. The Morgan fingerprint density at radius 3 is 2.00 bits per heavy atom. The molecule has 32 heavy (non-hydrogen) atoms. The number of halogens is 5. The molecule has 0 amide bonds. The molecule has 0 N–H and O–H groups in total. The van der Waals surface area contributed by atoms with Crippen LogP contribution in [0.15, 0.2) is 46.1 Å². The highest BCUT2D eigenvalue weighted by Crippen LogP contribution is 2.41. The smallest absolute Gasteiger partial charge is 0.329 e. The van der Waals surface area contributed by atoms with Crippen molar-refractivity contribution in [3.8, 4) is 0 Å². The Morgan fingerprint density at radius 2 is 1.56 bits per heavy atom. The van der Waals surface area contributed by atoms with Crippen molar-refractivity contribution in [2.75, 3.05) is 0 Å². The minimum atomic E-state index is -4.48. The number of benzene rings is 1. The van der Waals surface area contributed by atoms with E-state index in [-0.39, 0.29) is 0 Å². The molecule has 2 aromatic rings. The van der Waals surface area contributed by atoms with E-state index < -0.39 is 19.1 Å². The van der Waals surface area contributed by atoms with Crippen LogP contribution in [0.25, 0.3) is 5.57 Å². The third-order valence-corrected chi connectivity index (χ3v) is 6.25. The van der Waals surface area contributed by atoms with Crippen molar-refractivity contribution in [3.63, 3.8) is 0 Å². The molecule has 0 radical (unpaired) electrons. The minimum Gasteiger partial charge on any atom is -0.329 e. The van der Waals surface area contributed by atoms with Gasteiger partial charge in [0.1, 0.15) is 0 Å². The Kier molecular flexibility index (Phi) is 6.54. The van der Waals surface area contributed by atoms with E-state index >= 15 is 0 Å². The first-order chi connectivity index (χ1) is 14.9. The summed E-state index contributed by atoms with van der Waals surface area (Å²) < 4.78 is 68.9. The predicted molar refractivity (Wildman–Crippen MR) is 120 cm³/mol. The largest absolute Gasteiger partial charge is 0.677 e. The Morgan fingerprint density at radius 1 is 0.969 bits per heavy atom. The van der Waals surface area contributed by atoms with Gasteiger partial charge in [-0.05, 0) is 80.5 Å². The third kappa shape index (κ3) is 3.95. The highest BCUT2D eigenvalue weighted by molar-refractivity contribution is 6.41. The molecule has 2 nitrogen and oxygen atoms in total. The van der Waals surface area contributed by atoms with Crippen LogP contribution in [0.5, 0.6) is 0 Å². The monoisotopic (exact) mass is 448 g/mol. The van der Waals surface area contributed by atoms with Crippen molar-refractivity contribution in [3.05, 3.63) is 74.8 Å². The van der Waals surface area contributed by atoms with Gasteiger partial charge in [-0.2, -0.15) is 13.2 Å². The summed E-state index contributed by atoms with van der Waals surface area (Å²) in [6.45, 7) is 11.1. The molecule has 1 aromatic carbocycles. The van der Waals surface area contributed by atoms with E-state index in [0.717, 1.165) is 45.5 Å². The lowest BCUT2D eigenvalue weighted by Crippen LogP contribution is -2.18. The summed E-state index contributed by atoms with van der Waals surface area (Å²) in [5.74, 6) is 0. The lowest BCUT2D eigenvalue weighted by molar-refractivity contribution is -0.137. The van der Waals surface area contributed by atoms with Gasteiger partial charge in [0.2, 0.25) is 0 Å². The molecule has 170 valence electrons. The molecule has 3 rings (SSSR count). The van der Waals surface area contributed by atoms with Gasteiger partial charge in [0, 0.05) is 22.7 Å². The Balaban J connectivity index is 2.43. The molecule has 0 fully saturated rings. The van der Waals surface area contributed by atoms with E-state index in [2.05, 4.69) is 0 Å². The summed E-state index contributed by atoms with van der Waals surface area (Å²) in [4.78, 5) is 4.69. The van der Waals surface area contributed by atoms with E-state index in [9.17, 15) is 21.8 Å². The molecule has 0 saturated carbocycles. The van der Waals surface area contributed by atoms with Crippen LogP contribution in [0.4, 0.5) is 21.8 Å². The SMILES string of the molecule is CCC1=C(C)/C(=C(\c2ccc(C(F)(F)F)cc2)c2c(C)c(CC)c(C)n2B(F)F)N=C1C. The number of rotatable bonds is 5. The van der Waals surface area contributed by atoms with E-state index in [1.54, 1.807) is 13.8 Å². The lowest BCUT2D eigenvalue weighted by Gasteiger charge is -2.17. The second-order valence-corrected chi connectivity index (χ2v) is 7.99. The lowest BCUT2D eigenvalue weighted by atomic mass is 9.92. The third-order valence-electron chi connectivity index (χ3n) is 6.25. The quantitative estimate of drug-likeness (QED) is 0.335. The first-order valence-corrected chi connectivity index (χ1v) is 10.6. The van der Waals surface area contributed by atoms with Gasteiger partial charge in [-0.1, -0.05) is 26.0 Å². The van der Waals surface area contributed by atoms with Gasteiger partial charge in [0.05, 0.1) is 11.3 Å². The van der Waals surface area contributed by atoms with Crippen LogP contribution in [0.2, 0.25) is 0 Å². The van der Waals surface area contributed by atoms with Crippen LogP contribution in [-0.4, -0.2) is 17.6 Å². The average molecular weight is 448 g/mol. The van der Waals surface area contributed by atoms with Gasteiger partial charge >= 0.3 is 13.6 Å². The standard InChI is InChI=1S/C24H26BF5N2/c1-7-19-13(3)22(31-15(19)5)21(17-9-11-18(12-10-17)24(26,27)28)23-14(4)20(8-2)16(6)32(23)25(29)30/h9-12H,7-8H2,1-6H3/b22-21-. The fourth-order valence-corrected chi connectivity index (χ4v) is 4.69. The van der Waals surface area contributed by atoms with E-state index in [1.165, 1.54) is 12.1 Å². The second-order valence-electron chi connectivity index (χ2n) is 7.99. The molecular weight excluding hydrogens is 422 g/mol. The molecule has 0 unspecified atom stereocenters. The fraction of sp³-hybridized carbons (Fsp3) is 0.375. The van der Waals surface area contributed by atoms with Crippen molar-refractivity contribution in [1.82, 2.24) is 4.48 Å². The zero-order chi connectivity index (χ0) is 24.0. The predicted octanol–water partition coefficient (Wildman–Crippen LogP) is 7.42. The number of alkyl halides is 3. The first-order valence-electron chi connectivity index (χ1n) is 10.6. The Labute approximate surface area is 185 Å². The highest BCUT2D eigenvalue weighted by Gasteiger charge is 2.33. The molecule has 0 atom stereocenters. The highest BCUT2D eigenvalue weighted by atomic mass is 19.4. The number of allylic oxidation sites excluding steroid dienone is 2. The van der Waals surface area contributed by atoms with Gasteiger partial charge in [-0.3, -0.25) is 13.6 Å². The molecule has 0 bridgehead atoms. The maximum absolute atomic E-state index is 14.3. The Hall–Kier alpha value is -2.64. The molecular formula is C24H26BF5N2. The number of aliphatic imine (C=N–C) groups is 1. The van der Waals surface area contributed by atoms with Crippen LogP contribution < -0.4 is 0 Å². The second kappa shape index (κ2) is 8.72. The van der Waals surface area contributed by atoms with Gasteiger partial charge in [0.15, 0.2) is 0 Å². The number of nitrogens with zero attached hydrogens (tertiary/aromatic N) is 2. The summed E-state index contributed by atoms with van der Waals surface area (Å²) in [5, 5.41) is 0. The van der Waals surface area contributed by atoms with Crippen LogP contribution >= 0.6 is 0 Å². The van der Waals surface area contributed by atoms with E-state index in [0.29, 0.717) is 40.2 Å². The van der Waals surface area contributed by atoms with Crippen molar-refractivity contribution >= 4 is 18.7 Å². The minimum absolute atomic E-state index is 0.303. The molecule has 0 spiro atoms. The van der Waals surface area contributed by atoms with Crippen molar-refractivity contribution < 1.29 is 21.8 Å². The molecule has 0 aliphatic carbocycles. The summed E-state index contributed by atoms with van der Waals surface area (Å²) >= 11 is 0. The summed E-state index contributed by atoms with van der Waals surface area (Å²) in [7, 11) is -2.80. The molecule has 1 aromatic heterocycles. The van der Waals surface area contributed by atoms with Gasteiger partial charge in [0.25, 0.3) is 0 Å². The normalized spacial score (nSPS) is 16.0. The molecule has 0 saturated heterocycles. The molecule has 2 heterocycles. The summed E-state index contributed by atoms with van der Waals surface area (Å²) in [5.41, 5.74) is 5.53. The summed E-state index contributed by atoms with van der Waals surface area (Å²) in [6, 6.07) is 4.66. The molecule has 8 heteroatoms. The molecule has 1 aliphatic rings. The maximum Gasteiger partial charge on any atom is 0.677 e. The topological polar surface area (TPSA) is 17.3 Å². The van der Waals surface area contributed by atoms with Crippen molar-refractivity contribution in [1.29, 1.82) is 0 Å². The average Bonchev–Trinajstić information content (AvgIpc) is 3.14. The molecule has 1 aliphatic heterocycles. The fourth-order valence-electron chi connectivity index (χ4n) is 4.69. The van der Waals surface area contributed by atoms with E-state index in [4.69, 9.17) is 4.99 Å². The van der Waals surface area contributed by atoms with Crippen LogP contribution in [0.1, 0.15) is 67.8 Å². The zero-order valence-corrected chi connectivity index (χ0v) is 19.1. The van der Waals surface area contributed by atoms with Gasteiger partial charge in [-0.25, -0.2) is 0 Å². The van der Waals surface area contributed by atoms with Crippen molar-refractivity contribution in [2.45, 2.75) is 60.6 Å². The Bertz CT molecular complexity index is 1130. The van der Waals surface area contributed by atoms with Crippen LogP contribution in [0, 0.1) is 13.8 Å². The summed E-state index contributed by atoms with van der Waals surface area (Å²) in [6.07, 6.45) is -3.19. The maximum atomic E-state index is 14.3.